The maximum absolute atomic E-state index is 12.9. The topological polar surface area (TPSA) is 70.4 Å². The minimum absolute atomic E-state index is 0.0476. The average molecular weight is 358 g/mol. The molecule has 0 radical (unpaired) electrons. The molecule has 136 valence electrons. The number of para-hydroxylation sites is 2. The predicted molar refractivity (Wildman–Crippen MR) is 95.1 cm³/mol. The molecule has 26 heavy (non-hydrogen) atoms. The zero-order valence-corrected chi connectivity index (χ0v) is 14.5. The van der Waals surface area contributed by atoms with Crippen molar-refractivity contribution in [2.75, 3.05) is 18.9 Å². The van der Waals surface area contributed by atoms with Crippen molar-refractivity contribution in [3.8, 4) is 5.75 Å². The minimum atomic E-state index is -0.338. The molecule has 0 unspecified atom stereocenters. The molecule has 0 saturated heterocycles. The molecule has 0 aliphatic carbocycles. The number of esters is 1. The third-order valence-electron chi connectivity index (χ3n) is 4.01. The third-order valence-corrected chi connectivity index (χ3v) is 4.01. The van der Waals surface area contributed by atoms with Crippen LogP contribution in [0.25, 0.3) is 11.0 Å². The van der Waals surface area contributed by atoms with Crippen LogP contribution in [-0.2, 0) is 22.6 Å². The van der Waals surface area contributed by atoms with Gasteiger partial charge in [0, 0.05) is 0 Å². The first-order chi connectivity index (χ1) is 12.6. The van der Waals surface area contributed by atoms with E-state index in [1.165, 1.54) is 12.1 Å². The fraction of sp³-hybridized carbons (Fsp3) is 0.263. The number of nitrogen functional groups attached to an aromatic ring is 1. The van der Waals surface area contributed by atoms with E-state index in [-0.39, 0.29) is 18.3 Å². The number of rotatable bonds is 7. The van der Waals surface area contributed by atoms with Crippen LogP contribution < -0.4 is 15.0 Å². The summed E-state index contributed by atoms with van der Waals surface area (Å²) >= 11 is 0. The molecule has 3 rings (SSSR count). The summed E-state index contributed by atoms with van der Waals surface area (Å²) in [6, 6.07) is 13.5. The molecule has 0 aliphatic rings. The number of benzene rings is 2. The summed E-state index contributed by atoms with van der Waals surface area (Å²) < 4.78 is 27.2. The lowest BCUT2D eigenvalue weighted by Gasteiger charge is -2.06. The average Bonchev–Trinajstić information content (AvgIpc) is 2.89. The Hall–Kier alpha value is -3.09. The Balaban J connectivity index is 1.80. The van der Waals surface area contributed by atoms with Crippen LogP contribution in [0.4, 0.5) is 10.3 Å². The molecule has 0 fully saturated rings. The number of fused-ring (bicyclic) bond motifs is 1. The number of ether oxygens (including phenoxy) is 2. The van der Waals surface area contributed by atoms with E-state index in [2.05, 4.69) is 0 Å². The summed E-state index contributed by atoms with van der Waals surface area (Å²) in [5.41, 5.74) is 8.02. The first-order valence-electron chi connectivity index (χ1n) is 8.40. The number of imidazole rings is 1. The van der Waals surface area contributed by atoms with Gasteiger partial charge in [0.25, 0.3) is 0 Å². The van der Waals surface area contributed by atoms with Crippen LogP contribution in [-0.4, -0.2) is 23.8 Å². The van der Waals surface area contributed by atoms with Crippen LogP contribution >= 0.6 is 0 Å². The van der Waals surface area contributed by atoms with Crippen molar-refractivity contribution in [2.45, 2.75) is 20.0 Å². The molecule has 0 bridgehead atoms. The predicted octanol–water partition coefficient (Wildman–Crippen LogP) is 2.29. The second-order valence-electron chi connectivity index (χ2n) is 5.69. The van der Waals surface area contributed by atoms with Crippen LogP contribution in [0.3, 0.4) is 0 Å². The number of halogens is 1. The van der Waals surface area contributed by atoms with Gasteiger partial charge in [-0.1, -0.05) is 12.1 Å². The van der Waals surface area contributed by atoms with Gasteiger partial charge in [0.05, 0.1) is 6.61 Å². The molecule has 0 atom stereocenters. The van der Waals surface area contributed by atoms with Gasteiger partial charge in [-0.3, -0.25) is 5.73 Å². The molecule has 0 spiro atoms. The lowest BCUT2D eigenvalue weighted by molar-refractivity contribution is -0.646. The Morgan fingerprint density at radius 2 is 1.92 bits per heavy atom. The Morgan fingerprint density at radius 1 is 1.19 bits per heavy atom. The molecule has 3 aromatic rings. The second kappa shape index (κ2) is 7.86. The molecule has 0 amide bonds. The van der Waals surface area contributed by atoms with E-state index in [1.807, 2.05) is 28.8 Å². The number of carbonyl (C=O) groups is 1. The molecule has 1 heterocycles. The number of nitrogens with zero attached hydrogens (tertiary/aromatic N) is 2. The van der Waals surface area contributed by atoms with E-state index in [1.54, 1.807) is 23.6 Å². The summed E-state index contributed by atoms with van der Waals surface area (Å²) in [5, 5.41) is 0. The van der Waals surface area contributed by atoms with Crippen molar-refractivity contribution in [3.63, 3.8) is 0 Å². The molecule has 2 aromatic carbocycles. The zero-order chi connectivity index (χ0) is 18.5. The quantitative estimate of drug-likeness (QED) is 0.520. The van der Waals surface area contributed by atoms with Gasteiger partial charge in [-0.05, 0) is 43.3 Å². The van der Waals surface area contributed by atoms with Gasteiger partial charge < -0.3 is 9.47 Å². The molecule has 2 N–H and O–H groups in total. The van der Waals surface area contributed by atoms with Crippen LogP contribution in [0.15, 0.2) is 48.5 Å². The van der Waals surface area contributed by atoms with Crippen molar-refractivity contribution in [2.24, 2.45) is 0 Å². The Bertz CT molecular complexity index is 906. The number of carbonyl (C=O) groups excluding carboxylic acids is 1. The fourth-order valence-electron chi connectivity index (χ4n) is 2.84. The van der Waals surface area contributed by atoms with E-state index in [4.69, 9.17) is 15.2 Å². The molecule has 1 aromatic heterocycles. The third kappa shape index (κ3) is 3.77. The Morgan fingerprint density at radius 3 is 2.65 bits per heavy atom. The second-order valence-corrected chi connectivity index (χ2v) is 5.69. The number of anilines is 1. The fourth-order valence-corrected chi connectivity index (χ4v) is 2.84. The van der Waals surface area contributed by atoms with E-state index in [0.717, 1.165) is 11.0 Å². The number of hydrogen-bond donors (Lipinski definition) is 1. The summed E-state index contributed by atoms with van der Waals surface area (Å²) in [6.45, 7) is 2.98. The molecule has 6 nitrogen and oxygen atoms in total. The monoisotopic (exact) mass is 358 g/mol. The Kier molecular flexibility index (Phi) is 5.36. The lowest BCUT2D eigenvalue weighted by atomic mass is 10.3. The first-order valence-corrected chi connectivity index (χ1v) is 8.40. The molecule has 0 saturated carbocycles. The van der Waals surface area contributed by atoms with Gasteiger partial charge in [-0.25, -0.2) is 18.3 Å². The first kappa shape index (κ1) is 17.7. The van der Waals surface area contributed by atoms with Crippen LogP contribution in [0.5, 0.6) is 5.75 Å². The maximum atomic E-state index is 12.9. The highest BCUT2D eigenvalue weighted by molar-refractivity contribution is 5.75. The van der Waals surface area contributed by atoms with Crippen LogP contribution in [0.2, 0.25) is 0 Å². The summed E-state index contributed by atoms with van der Waals surface area (Å²) in [6.07, 6.45) is 0. The highest BCUT2D eigenvalue weighted by atomic mass is 19.1. The van der Waals surface area contributed by atoms with E-state index in [0.29, 0.717) is 31.5 Å². The normalized spacial score (nSPS) is 10.8. The van der Waals surface area contributed by atoms with Crippen LogP contribution in [0, 0.1) is 5.82 Å². The highest BCUT2D eigenvalue weighted by Crippen LogP contribution is 2.17. The number of nitrogens with two attached hydrogens (primary N) is 1. The number of hydrogen-bond acceptors (Lipinski definition) is 4. The Labute approximate surface area is 150 Å². The minimum Gasteiger partial charge on any atom is -0.490 e. The lowest BCUT2D eigenvalue weighted by Crippen LogP contribution is -2.41. The van der Waals surface area contributed by atoms with Crippen molar-refractivity contribution in [3.05, 3.63) is 54.3 Å². The van der Waals surface area contributed by atoms with E-state index >= 15 is 0 Å². The highest BCUT2D eigenvalue weighted by Gasteiger charge is 2.22. The van der Waals surface area contributed by atoms with Crippen molar-refractivity contribution in [1.29, 1.82) is 0 Å². The van der Waals surface area contributed by atoms with Crippen LogP contribution in [0.1, 0.15) is 6.92 Å². The summed E-state index contributed by atoms with van der Waals surface area (Å²) in [7, 11) is 0. The standard InChI is InChI=1S/C19H20FN3O3/c1-2-25-18(24)13-23-17-6-4-3-5-16(17)22(19(23)21)11-12-26-15-9-7-14(20)8-10-15/h3-10,21H,2,11-13H2,1H3/p+1. The van der Waals surface area contributed by atoms with Crippen molar-refractivity contribution < 1.29 is 23.2 Å². The van der Waals surface area contributed by atoms with E-state index in [9.17, 15) is 9.18 Å². The van der Waals surface area contributed by atoms with Crippen molar-refractivity contribution in [1.82, 2.24) is 4.57 Å². The maximum Gasteiger partial charge on any atom is 0.356 e. The molecular weight excluding hydrogens is 337 g/mol. The summed E-state index contributed by atoms with van der Waals surface area (Å²) in [4.78, 5) is 11.9. The van der Waals surface area contributed by atoms with Gasteiger partial charge in [-0.15, -0.1) is 0 Å². The van der Waals surface area contributed by atoms with Gasteiger partial charge in [0.15, 0.2) is 6.54 Å². The SMILES string of the molecule is CCOC(=O)C[n+]1c(N)n(CCOc2ccc(F)cc2)c2ccccc21. The van der Waals surface area contributed by atoms with Gasteiger partial charge in [-0.2, -0.15) is 0 Å². The van der Waals surface area contributed by atoms with E-state index < -0.39 is 0 Å². The van der Waals surface area contributed by atoms with Gasteiger partial charge in [0.2, 0.25) is 0 Å². The zero-order valence-electron chi connectivity index (χ0n) is 14.5. The van der Waals surface area contributed by atoms with Gasteiger partial charge >= 0.3 is 11.9 Å². The van der Waals surface area contributed by atoms with Gasteiger partial charge in [0.1, 0.15) is 35.8 Å². The van der Waals surface area contributed by atoms with Crippen molar-refractivity contribution >= 4 is 23.0 Å². The molecule has 0 aliphatic heterocycles. The largest absolute Gasteiger partial charge is 0.490 e. The summed E-state index contributed by atoms with van der Waals surface area (Å²) in [5.74, 6) is 0.385. The molecular formula is C19H21FN3O3+. The molecule has 7 heteroatoms. The number of aromatic nitrogens is 2. The smallest absolute Gasteiger partial charge is 0.356 e.